The van der Waals surface area contributed by atoms with Gasteiger partial charge in [0.1, 0.15) is 6.04 Å². The van der Waals surface area contributed by atoms with E-state index in [1.54, 1.807) is 25.1 Å². The maximum absolute atomic E-state index is 13.6. The number of methoxy groups -OCH3 is 1. The molecule has 9 nitrogen and oxygen atoms in total. The van der Waals surface area contributed by atoms with E-state index in [2.05, 4.69) is 16.3 Å². The minimum atomic E-state index is -4.62. The SMILES string of the molecule is COC(=O)C1=C(C)N(c2cccc(C(F)(F)F)c2)c2n[nH]c(=O)n2C1c1ccc(C#N)cc1CC[n+]1ccc2ccccc2c1. The number of carbonyl (C=O) groups is 1. The van der Waals surface area contributed by atoms with E-state index < -0.39 is 29.4 Å². The maximum atomic E-state index is 13.6. The third kappa shape index (κ3) is 5.33. The summed E-state index contributed by atoms with van der Waals surface area (Å²) < 4.78 is 49.3. The number of H-pyrrole nitrogens is 1. The van der Waals surface area contributed by atoms with Crippen LogP contribution in [0.5, 0.6) is 0 Å². The van der Waals surface area contributed by atoms with Crippen LogP contribution in [0.4, 0.5) is 24.8 Å². The van der Waals surface area contributed by atoms with Crippen molar-refractivity contribution >= 4 is 28.4 Å². The summed E-state index contributed by atoms with van der Waals surface area (Å²) in [5.74, 6) is -0.777. The fourth-order valence-electron chi connectivity index (χ4n) is 5.80. The number of fused-ring (bicyclic) bond motifs is 2. The van der Waals surface area contributed by atoms with Gasteiger partial charge in [-0.05, 0) is 59.8 Å². The number of aromatic amines is 1. The molecule has 2 aromatic heterocycles. The Labute approximate surface area is 255 Å². The average Bonchev–Trinajstić information content (AvgIpc) is 3.42. The van der Waals surface area contributed by atoms with Gasteiger partial charge in [0.2, 0.25) is 5.95 Å². The van der Waals surface area contributed by atoms with E-state index in [0.717, 1.165) is 22.9 Å². The second-order valence-corrected chi connectivity index (χ2v) is 10.6. The van der Waals surface area contributed by atoms with Gasteiger partial charge in [-0.2, -0.15) is 18.4 Å². The van der Waals surface area contributed by atoms with Crippen LogP contribution in [-0.4, -0.2) is 27.8 Å². The molecule has 3 heterocycles. The molecule has 6 rings (SSSR count). The average molecular weight is 612 g/mol. The highest BCUT2D eigenvalue weighted by atomic mass is 19.4. The van der Waals surface area contributed by atoms with E-state index in [9.17, 15) is 28.0 Å². The molecule has 1 aliphatic heterocycles. The Morgan fingerprint density at radius 1 is 1.09 bits per heavy atom. The summed E-state index contributed by atoms with van der Waals surface area (Å²) in [6.07, 6.45) is -0.231. The van der Waals surface area contributed by atoms with E-state index in [0.29, 0.717) is 29.7 Å². The molecule has 0 aliphatic carbocycles. The van der Waals surface area contributed by atoms with Crippen molar-refractivity contribution < 1.29 is 27.3 Å². The predicted octanol–water partition coefficient (Wildman–Crippen LogP) is 5.33. The molecule has 0 amide bonds. The Hall–Kier alpha value is -5.70. The minimum Gasteiger partial charge on any atom is -0.466 e. The highest BCUT2D eigenvalue weighted by Crippen LogP contribution is 2.43. The summed E-state index contributed by atoms with van der Waals surface area (Å²) in [6.45, 7) is 2.08. The Morgan fingerprint density at radius 3 is 2.60 bits per heavy atom. The monoisotopic (exact) mass is 611 g/mol. The number of pyridine rings is 1. The van der Waals surface area contributed by atoms with E-state index in [4.69, 9.17) is 4.74 Å². The molecule has 1 aliphatic rings. The highest BCUT2D eigenvalue weighted by Gasteiger charge is 2.41. The Balaban J connectivity index is 1.50. The Bertz CT molecular complexity index is 2090. The first-order valence-electron chi connectivity index (χ1n) is 13.9. The topological polar surface area (TPSA) is 108 Å². The summed E-state index contributed by atoms with van der Waals surface area (Å²) in [6, 6.07) is 20.6. The van der Waals surface area contributed by atoms with Crippen molar-refractivity contribution in [3.8, 4) is 6.07 Å². The molecule has 12 heteroatoms. The van der Waals surface area contributed by atoms with Crippen molar-refractivity contribution in [3.63, 3.8) is 0 Å². The van der Waals surface area contributed by atoms with Gasteiger partial charge >= 0.3 is 17.8 Å². The zero-order valence-corrected chi connectivity index (χ0v) is 24.2. The molecule has 0 saturated heterocycles. The van der Waals surface area contributed by atoms with Crippen LogP contribution < -0.4 is 15.2 Å². The van der Waals surface area contributed by atoms with Gasteiger partial charge in [0.25, 0.3) is 0 Å². The quantitative estimate of drug-likeness (QED) is 0.205. The summed E-state index contributed by atoms with van der Waals surface area (Å²) in [5, 5.41) is 18.4. The molecular formula is C33H26F3N6O3+. The molecule has 5 aromatic rings. The standard InChI is InChI=1S/C33H25F3N6O3/c1-20-28(30(43)45-2)29(42-31(38-39-32(42)44)41(20)26-9-5-8-25(17-26)33(34,35)36)27-11-10-21(18-37)16-23(27)13-15-40-14-12-22-6-3-4-7-24(22)19-40/h3-12,14,16-17,19,29H,13,15H2,1-2H3/p+1. The second kappa shape index (κ2) is 11.4. The lowest BCUT2D eigenvalue weighted by atomic mass is 9.89. The third-order valence-electron chi connectivity index (χ3n) is 7.93. The van der Waals surface area contributed by atoms with Crippen molar-refractivity contribution in [2.24, 2.45) is 0 Å². The lowest BCUT2D eigenvalue weighted by Crippen LogP contribution is -2.38. The number of aryl methyl sites for hydroxylation is 2. The van der Waals surface area contributed by atoms with Crippen LogP contribution in [0.1, 0.15) is 35.2 Å². The Morgan fingerprint density at radius 2 is 1.87 bits per heavy atom. The number of nitrogens with zero attached hydrogens (tertiary/aromatic N) is 5. The number of nitriles is 1. The number of hydrogen-bond donors (Lipinski definition) is 1. The van der Waals surface area contributed by atoms with Crippen LogP contribution in [0.2, 0.25) is 0 Å². The van der Waals surface area contributed by atoms with Crippen molar-refractivity contribution in [1.82, 2.24) is 14.8 Å². The lowest BCUT2D eigenvalue weighted by molar-refractivity contribution is -0.695. The van der Waals surface area contributed by atoms with Crippen LogP contribution in [0.25, 0.3) is 10.8 Å². The second-order valence-electron chi connectivity index (χ2n) is 10.6. The minimum absolute atomic E-state index is 0.00584. The number of hydrogen-bond acceptors (Lipinski definition) is 6. The van der Waals surface area contributed by atoms with Crippen LogP contribution in [0.15, 0.2) is 101 Å². The summed E-state index contributed by atoms with van der Waals surface area (Å²) in [5.41, 5.74) is 0.366. The summed E-state index contributed by atoms with van der Waals surface area (Å²) in [4.78, 5) is 28.1. The first-order chi connectivity index (χ1) is 21.6. The zero-order chi connectivity index (χ0) is 31.9. The number of anilines is 2. The van der Waals surface area contributed by atoms with Gasteiger partial charge in [0.05, 0.1) is 29.9 Å². The molecule has 0 saturated carbocycles. The Kier molecular flexibility index (Phi) is 7.46. The normalized spacial score (nSPS) is 14.8. The van der Waals surface area contributed by atoms with Gasteiger partial charge in [0.15, 0.2) is 18.9 Å². The number of halogens is 3. The van der Waals surface area contributed by atoms with Gasteiger partial charge < -0.3 is 4.74 Å². The zero-order valence-electron chi connectivity index (χ0n) is 24.2. The molecule has 1 atom stereocenters. The number of rotatable bonds is 6. The first kappa shape index (κ1) is 29.4. The first-order valence-corrected chi connectivity index (χ1v) is 13.9. The molecule has 0 radical (unpaired) electrons. The molecular weight excluding hydrogens is 585 g/mol. The summed E-state index contributed by atoms with van der Waals surface area (Å²) >= 11 is 0. The largest absolute Gasteiger partial charge is 0.466 e. The van der Waals surface area contributed by atoms with Crippen molar-refractivity contribution in [3.05, 3.63) is 129 Å². The molecule has 1 N–H and O–H groups in total. The number of benzene rings is 3. The fraction of sp³-hybridized carbons (Fsp3) is 0.182. The van der Waals surface area contributed by atoms with E-state index in [1.165, 1.54) is 28.7 Å². The lowest BCUT2D eigenvalue weighted by Gasteiger charge is -2.36. The van der Waals surface area contributed by atoms with Gasteiger partial charge in [-0.3, -0.25) is 4.90 Å². The molecule has 3 aromatic carbocycles. The van der Waals surface area contributed by atoms with Crippen molar-refractivity contribution in [2.75, 3.05) is 12.0 Å². The smallest absolute Gasteiger partial charge is 0.416 e. The molecule has 1 unspecified atom stereocenters. The number of carbonyl (C=O) groups excluding carboxylic acids is 1. The van der Waals surface area contributed by atoms with Crippen molar-refractivity contribution in [2.45, 2.75) is 32.1 Å². The molecule has 0 fully saturated rings. The van der Waals surface area contributed by atoms with Gasteiger partial charge in [-0.25, -0.2) is 23.8 Å². The third-order valence-corrected chi connectivity index (χ3v) is 7.93. The number of alkyl halides is 3. The predicted molar refractivity (Wildman–Crippen MR) is 158 cm³/mol. The van der Waals surface area contributed by atoms with Crippen LogP contribution in [0, 0.1) is 11.3 Å². The maximum Gasteiger partial charge on any atom is 0.416 e. The van der Waals surface area contributed by atoms with E-state index >= 15 is 0 Å². The van der Waals surface area contributed by atoms with Crippen molar-refractivity contribution in [1.29, 1.82) is 5.26 Å². The van der Waals surface area contributed by atoms with Gasteiger partial charge in [-0.15, -0.1) is 5.10 Å². The van der Waals surface area contributed by atoms with E-state index in [1.807, 2.05) is 47.3 Å². The number of allylic oxidation sites excluding steroid dienone is 1. The van der Waals surface area contributed by atoms with E-state index in [-0.39, 0.29) is 22.9 Å². The van der Waals surface area contributed by atoms with Crippen LogP contribution >= 0.6 is 0 Å². The fourth-order valence-corrected chi connectivity index (χ4v) is 5.80. The molecule has 45 heavy (non-hydrogen) atoms. The molecule has 0 bridgehead atoms. The number of ether oxygens (including phenoxy) is 1. The van der Waals surface area contributed by atoms with Gasteiger partial charge in [-0.1, -0.05) is 30.3 Å². The summed E-state index contributed by atoms with van der Waals surface area (Å²) in [7, 11) is 1.19. The molecule has 0 spiro atoms. The number of aromatic nitrogens is 4. The highest BCUT2D eigenvalue weighted by molar-refractivity contribution is 5.93. The number of esters is 1. The van der Waals surface area contributed by atoms with Gasteiger partial charge in [0, 0.05) is 29.3 Å². The van der Waals surface area contributed by atoms with Crippen LogP contribution in [0.3, 0.4) is 0 Å². The van der Waals surface area contributed by atoms with Crippen LogP contribution in [-0.2, 0) is 28.7 Å². The molecule has 226 valence electrons. The number of nitrogens with one attached hydrogen (secondary N) is 1.